The summed E-state index contributed by atoms with van der Waals surface area (Å²) in [6.45, 7) is 0.0812. The van der Waals surface area contributed by atoms with Gasteiger partial charge in [0.05, 0.1) is 0 Å². The van der Waals surface area contributed by atoms with Crippen molar-refractivity contribution in [1.82, 2.24) is 0 Å². The minimum absolute atomic E-state index is 0.0660. The predicted octanol–water partition coefficient (Wildman–Crippen LogP) is 1.41. The predicted molar refractivity (Wildman–Crippen MR) is 31.8 cm³/mol. The number of rotatable bonds is 1. The molecule has 0 amide bonds. The van der Waals surface area contributed by atoms with Gasteiger partial charge in [-0.2, -0.15) is 0 Å². The van der Waals surface area contributed by atoms with Crippen LogP contribution >= 0.6 is 0 Å². The molecule has 2 aliphatic rings. The molecule has 0 radical (unpaired) electrons. The van der Waals surface area contributed by atoms with E-state index in [9.17, 15) is 8.78 Å². The van der Waals surface area contributed by atoms with Gasteiger partial charge in [0.1, 0.15) is 0 Å². The first-order valence-corrected chi connectivity index (χ1v) is 3.58. The van der Waals surface area contributed by atoms with E-state index >= 15 is 0 Å². The Kier molecular flexibility index (Phi) is 0.994. The molecule has 3 heteroatoms. The van der Waals surface area contributed by atoms with Gasteiger partial charge in [0.15, 0.2) is 0 Å². The molecule has 1 spiro atoms. The average molecular weight is 148 g/mol. The van der Waals surface area contributed by atoms with E-state index in [4.69, 9.17) is 5.11 Å². The maximum absolute atomic E-state index is 12.5. The molecule has 0 aromatic carbocycles. The van der Waals surface area contributed by atoms with Gasteiger partial charge in [-0.15, -0.1) is 0 Å². The molecule has 0 aliphatic heterocycles. The molecule has 58 valence electrons. The summed E-state index contributed by atoms with van der Waals surface area (Å²) in [5, 5.41) is 8.57. The van der Waals surface area contributed by atoms with Crippen LogP contribution in [0.15, 0.2) is 0 Å². The van der Waals surface area contributed by atoms with Crippen LogP contribution in [0.2, 0.25) is 0 Å². The number of hydrogen-bond donors (Lipinski definition) is 1. The molecular weight excluding hydrogens is 138 g/mol. The van der Waals surface area contributed by atoms with E-state index in [0.29, 0.717) is 12.8 Å². The summed E-state index contributed by atoms with van der Waals surface area (Å²) in [5.41, 5.74) is -0.652. The molecule has 10 heavy (non-hydrogen) atoms. The van der Waals surface area contributed by atoms with Crippen molar-refractivity contribution >= 4 is 0 Å². The van der Waals surface area contributed by atoms with Gasteiger partial charge in [-0.3, -0.25) is 0 Å². The van der Waals surface area contributed by atoms with Gasteiger partial charge in [-0.05, 0) is 18.8 Å². The maximum atomic E-state index is 12.5. The maximum Gasteiger partial charge on any atom is 0.254 e. The third-order valence-electron chi connectivity index (χ3n) is 2.83. The molecule has 2 aliphatic carbocycles. The molecule has 0 heterocycles. The zero-order chi connectivity index (χ0) is 7.41. The van der Waals surface area contributed by atoms with Crippen molar-refractivity contribution in [3.05, 3.63) is 0 Å². The summed E-state index contributed by atoms with van der Waals surface area (Å²) < 4.78 is 24.9. The summed E-state index contributed by atoms with van der Waals surface area (Å²) in [6, 6.07) is 0. The average Bonchev–Trinajstić information content (AvgIpc) is 2.30. The summed E-state index contributed by atoms with van der Waals surface area (Å²) in [6.07, 6.45) is 1.14. The molecular formula is C7H10F2O. The van der Waals surface area contributed by atoms with Crippen molar-refractivity contribution in [1.29, 1.82) is 0 Å². The second kappa shape index (κ2) is 1.52. The Labute approximate surface area is 58.0 Å². The summed E-state index contributed by atoms with van der Waals surface area (Å²) in [7, 11) is 0. The quantitative estimate of drug-likeness (QED) is 0.596. The van der Waals surface area contributed by atoms with Crippen molar-refractivity contribution in [2.75, 3.05) is 6.61 Å². The second-order valence-corrected chi connectivity index (χ2v) is 3.62. The Morgan fingerprint density at radius 2 is 1.90 bits per heavy atom. The zero-order valence-corrected chi connectivity index (χ0v) is 5.61. The summed E-state index contributed by atoms with van der Waals surface area (Å²) in [5.74, 6) is -2.23. The van der Waals surface area contributed by atoms with Crippen molar-refractivity contribution in [2.45, 2.75) is 25.2 Å². The van der Waals surface area contributed by atoms with Crippen molar-refractivity contribution in [3.63, 3.8) is 0 Å². The lowest BCUT2D eigenvalue weighted by Crippen LogP contribution is -2.32. The molecule has 0 atom stereocenters. The number of alkyl halides is 2. The fourth-order valence-electron chi connectivity index (χ4n) is 2.00. The van der Waals surface area contributed by atoms with E-state index < -0.39 is 11.3 Å². The number of hydrogen-bond acceptors (Lipinski definition) is 1. The molecule has 0 aromatic heterocycles. The Hall–Kier alpha value is -0.180. The third-order valence-corrected chi connectivity index (χ3v) is 2.83. The smallest absolute Gasteiger partial charge is 0.254 e. The van der Waals surface area contributed by atoms with Gasteiger partial charge >= 0.3 is 0 Å². The van der Waals surface area contributed by atoms with Gasteiger partial charge in [0, 0.05) is 18.4 Å². The van der Waals surface area contributed by atoms with Crippen LogP contribution in [0.5, 0.6) is 0 Å². The number of halogens is 2. The van der Waals surface area contributed by atoms with Gasteiger partial charge < -0.3 is 5.11 Å². The fraction of sp³-hybridized carbons (Fsp3) is 1.00. The monoisotopic (exact) mass is 148 g/mol. The lowest BCUT2D eigenvalue weighted by atomic mass is 9.72. The lowest BCUT2D eigenvalue weighted by Gasteiger charge is -2.34. The van der Waals surface area contributed by atoms with Crippen molar-refractivity contribution < 1.29 is 13.9 Å². The number of aliphatic hydroxyl groups is 1. The van der Waals surface area contributed by atoms with Crippen molar-refractivity contribution in [3.8, 4) is 0 Å². The van der Waals surface area contributed by atoms with Gasteiger partial charge in [0.2, 0.25) is 0 Å². The van der Waals surface area contributed by atoms with Crippen LogP contribution in [0.4, 0.5) is 8.78 Å². The Bertz CT molecular complexity index is 161. The minimum atomic E-state index is -2.39. The molecule has 0 bridgehead atoms. The van der Waals surface area contributed by atoms with Crippen LogP contribution in [0, 0.1) is 11.3 Å². The Balaban J connectivity index is 1.92. The van der Waals surface area contributed by atoms with E-state index in [-0.39, 0.29) is 18.9 Å². The van der Waals surface area contributed by atoms with E-state index in [1.807, 2.05) is 0 Å². The lowest BCUT2D eigenvalue weighted by molar-refractivity contribution is -0.0141. The van der Waals surface area contributed by atoms with E-state index in [0.717, 1.165) is 0 Å². The largest absolute Gasteiger partial charge is 0.396 e. The first-order chi connectivity index (χ1) is 4.60. The highest BCUT2D eigenvalue weighted by Crippen LogP contribution is 2.72. The highest BCUT2D eigenvalue weighted by Gasteiger charge is 2.75. The summed E-state index contributed by atoms with van der Waals surface area (Å²) in [4.78, 5) is 0. The fourth-order valence-corrected chi connectivity index (χ4v) is 2.00. The standard InChI is InChI=1S/C7H10F2O/c8-7(9)4-6(7)1-5(2-6)3-10/h5,10H,1-4H2. The van der Waals surface area contributed by atoms with Gasteiger partial charge in [-0.1, -0.05) is 0 Å². The van der Waals surface area contributed by atoms with Crippen LogP contribution < -0.4 is 0 Å². The zero-order valence-electron chi connectivity index (χ0n) is 5.61. The third kappa shape index (κ3) is 0.590. The highest BCUT2D eigenvalue weighted by atomic mass is 19.3. The highest BCUT2D eigenvalue weighted by molar-refractivity contribution is 5.16. The van der Waals surface area contributed by atoms with E-state index in [2.05, 4.69) is 0 Å². The number of aliphatic hydroxyl groups excluding tert-OH is 1. The van der Waals surface area contributed by atoms with Crippen LogP contribution in [-0.4, -0.2) is 17.6 Å². The normalized spacial score (nSPS) is 48.9. The van der Waals surface area contributed by atoms with Crippen LogP contribution in [0.3, 0.4) is 0 Å². The second-order valence-electron chi connectivity index (χ2n) is 3.62. The Morgan fingerprint density at radius 3 is 2.20 bits per heavy atom. The first-order valence-electron chi connectivity index (χ1n) is 3.58. The first kappa shape index (κ1) is 6.53. The van der Waals surface area contributed by atoms with Crippen molar-refractivity contribution in [2.24, 2.45) is 11.3 Å². The topological polar surface area (TPSA) is 20.2 Å². The van der Waals surface area contributed by atoms with Gasteiger partial charge in [-0.25, -0.2) is 8.78 Å². The molecule has 2 fully saturated rings. The molecule has 1 N–H and O–H groups in total. The van der Waals surface area contributed by atoms with Crippen LogP contribution in [0.1, 0.15) is 19.3 Å². The Morgan fingerprint density at radius 1 is 1.40 bits per heavy atom. The SMILES string of the molecule is OCC1CC2(C1)CC2(F)F. The van der Waals surface area contributed by atoms with Crippen LogP contribution in [-0.2, 0) is 0 Å². The molecule has 2 saturated carbocycles. The van der Waals surface area contributed by atoms with Crippen LogP contribution in [0.25, 0.3) is 0 Å². The van der Waals surface area contributed by atoms with E-state index in [1.165, 1.54) is 0 Å². The van der Waals surface area contributed by atoms with Gasteiger partial charge in [0.25, 0.3) is 5.92 Å². The molecule has 0 saturated heterocycles. The molecule has 0 aromatic rings. The molecule has 0 unspecified atom stereocenters. The molecule has 2 rings (SSSR count). The minimum Gasteiger partial charge on any atom is -0.396 e. The van der Waals surface area contributed by atoms with E-state index in [1.54, 1.807) is 0 Å². The molecule has 1 nitrogen and oxygen atoms in total. The summed E-state index contributed by atoms with van der Waals surface area (Å²) >= 11 is 0.